The number of carbonyl (C=O) groups excluding carboxylic acids is 1. The summed E-state index contributed by atoms with van der Waals surface area (Å²) < 4.78 is 7.89. The minimum atomic E-state index is -0.305. The molecule has 158 valence electrons. The Balaban J connectivity index is 1.60. The molecule has 1 amide bonds. The summed E-state index contributed by atoms with van der Waals surface area (Å²) in [6.07, 6.45) is -0.305. The molecular formula is C22H25ClN4O2S. The van der Waals surface area contributed by atoms with Gasteiger partial charge in [0, 0.05) is 17.8 Å². The number of amides is 1. The van der Waals surface area contributed by atoms with E-state index in [2.05, 4.69) is 15.5 Å². The van der Waals surface area contributed by atoms with Crippen molar-refractivity contribution in [2.45, 2.75) is 39.0 Å². The number of benzene rings is 2. The number of carbonyl (C=O) groups is 1. The number of hydrogen-bond donors (Lipinski definition) is 1. The maximum Gasteiger partial charge on any atom is 0.234 e. The van der Waals surface area contributed by atoms with Gasteiger partial charge in [-0.25, -0.2) is 0 Å². The minimum absolute atomic E-state index is 0.0890. The monoisotopic (exact) mass is 444 g/mol. The van der Waals surface area contributed by atoms with Crippen LogP contribution < -0.4 is 10.1 Å². The first-order chi connectivity index (χ1) is 14.2. The second-order valence-corrected chi connectivity index (χ2v) is 8.58. The molecule has 1 N–H and O–H groups in total. The van der Waals surface area contributed by atoms with Gasteiger partial charge in [0.05, 0.1) is 5.75 Å². The highest BCUT2D eigenvalue weighted by molar-refractivity contribution is 7.99. The summed E-state index contributed by atoms with van der Waals surface area (Å²) >= 11 is 7.34. The summed E-state index contributed by atoms with van der Waals surface area (Å²) in [6, 6.07) is 11.4. The molecule has 1 aromatic heterocycles. The maximum atomic E-state index is 12.3. The lowest BCUT2D eigenvalue weighted by Crippen LogP contribution is -2.15. The zero-order chi connectivity index (χ0) is 21.8. The van der Waals surface area contributed by atoms with Gasteiger partial charge in [0.25, 0.3) is 0 Å². The second-order valence-electron chi connectivity index (χ2n) is 7.21. The zero-order valence-electron chi connectivity index (χ0n) is 17.7. The van der Waals surface area contributed by atoms with E-state index in [0.29, 0.717) is 16.0 Å². The highest BCUT2D eigenvalue weighted by Gasteiger charge is 2.19. The number of thioether (sulfide) groups is 1. The summed E-state index contributed by atoms with van der Waals surface area (Å²) in [5.74, 6) is 1.58. The van der Waals surface area contributed by atoms with Gasteiger partial charge in [-0.05, 0) is 74.7 Å². The molecule has 0 saturated heterocycles. The van der Waals surface area contributed by atoms with E-state index in [1.165, 1.54) is 17.3 Å². The zero-order valence-corrected chi connectivity index (χ0v) is 19.3. The van der Waals surface area contributed by atoms with E-state index < -0.39 is 0 Å². The standard InChI is InChI=1S/C22H25ClN4O2S/c1-13-6-8-18(11-14(13)2)24-20(28)12-30-22-26-25-21(27(22)5)16(4)29-19-9-7-17(23)10-15(19)3/h6-11,16H,12H2,1-5H3,(H,24,28). The molecule has 3 rings (SSSR count). The number of aromatic nitrogens is 3. The third kappa shape index (κ3) is 5.34. The molecule has 3 aromatic rings. The molecule has 0 radical (unpaired) electrons. The number of nitrogens with zero attached hydrogens (tertiary/aromatic N) is 3. The van der Waals surface area contributed by atoms with E-state index >= 15 is 0 Å². The van der Waals surface area contributed by atoms with Crippen LogP contribution in [0.15, 0.2) is 41.6 Å². The maximum absolute atomic E-state index is 12.3. The number of nitrogens with one attached hydrogen (secondary N) is 1. The number of hydrogen-bond acceptors (Lipinski definition) is 5. The third-order valence-electron chi connectivity index (χ3n) is 4.80. The Bertz CT molecular complexity index is 1070. The quantitative estimate of drug-likeness (QED) is 0.503. The molecule has 0 aliphatic rings. The molecule has 1 atom stereocenters. The Morgan fingerprint density at radius 1 is 1.13 bits per heavy atom. The van der Waals surface area contributed by atoms with Crippen LogP contribution in [-0.2, 0) is 11.8 Å². The summed E-state index contributed by atoms with van der Waals surface area (Å²) in [6.45, 7) is 7.93. The normalized spacial score (nSPS) is 11.9. The molecule has 0 aliphatic heterocycles. The van der Waals surface area contributed by atoms with Gasteiger partial charge in [-0.2, -0.15) is 0 Å². The van der Waals surface area contributed by atoms with Crippen molar-refractivity contribution in [3.63, 3.8) is 0 Å². The predicted octanol–water partition coefficient (Wildman–Crippen LogP) is 5.26. The van der Waals surface area contributed by atoms with Crippen molar-refractivity contribution in [1.29, 1.82) is 0 Å². The van der Waals surface area contributed by atoms with Gasteiger partial charge < -0.3 is 14.6 Å². The average molecular weight is 445 g/mol. The van der Waals surface area contributed by atoms with Crippen LogP contribution in [0.3, 0.4) is 0 Å². The molecule has 30 heavy (non-hydrogen) atoms. The van der Waals surface area contributed by atoms with Crippen LogP contribution in [-0.4, -0.2) is 26.4 Å². The van der Waals surface area contributed by atoms with Crippen LogP contribution in [0.2, 0.25) is 5.02 Å². The highest BCUT2D eigenvalue weighted by atomic mass is 35.5. The molecule has 0 fully saturated rings. The Kier molecular flexibility index (Phi) is 7.05. The fraction of sp³-hybridized carbons (Fsp3) is 0.318. The summed E-state index contributed by atoms with van der Waals surface area (Å²) in [5.41, 5.74) is 4.08. The average Bonchev–Trinajstić information content (AvgIpc) is 3.06. The van der Waals surface area contributed by atoms with Crippen molar-refractivity contribution in [3.8, 4) is 5.75 Å². The van der Waals surface area contributed by atoms with Gasteiger partial charge >= 0.3 is 0 Å². The molecule has 8 heteroatoms. The smallest absolute Gasteiger partial charge is 0.234 e. The SMILES string of the molecule is Cc1ccc(NC(=O)CSc2nnc(C(C)Oc3ccc(Cl)cc3C)n2C)cc1C. The van der Waals surface area contributed by atoms with Crippen molar-refractivity contribution in [3.05, 3.63) is 63.9 Å². The van der Waals surface area contributed by atoms with Gasteiger partial charge in [0.15, 0.2) is 17.1 Å². The van der Waals surface area contributed by atoms with Crippen molar-refractivity contribution < 1.29 is 9.53 Å². The molecule has 0 spiro atoms. The molecule has 6 nitrogen and oxygen atoms in total. The van der Waals surface area contributed by atoms with Crippen molar-refractivity contribution in [2.24, 2.45) is 7.05 Å². The number of rotatable bonds is 7. The molecule has 1 heterocycles. The van der Waals surface area contributed by atoms with Gasteiger partial charge in [-0.3, -0.25) is 4.79 Å². The van der Waals surface area contributed by atoms with Crippen LogP contribution >= 0.6 is 23.4 Å². The van der Waals surface area contributed by atoms with Crippen LogP contribution in [0.1, 0.15) is 35.5 Å². The minimum Gasteiger partial charge on any atom is -0.482 e. The lowest BCUT2D eigenvalue weighted by atomic mass is 10.1. The second kappa shape index (κ2) is 9.53. The van der Waals surface area contributed by atoms with Gasteiger partial charge in [0.1, 0.15) is 5.75 Å². The van der Waals surface area contributed by atoms with Crippen LogP contribution in [0.5, 0.6) is 5.75 Å². The van der Waals surface area contributed by atoms with E-state index in [0.717, 1.165) is 22.6 Å². The van der Waals surface area contributed by atoms with Crippen molar-refractivity contribution in [2.75, 3.05) is 11.1 Å². The predicted molar refractivity (Wildman–Crippen MR) is 122 cm³/mol. The Labute approximate surface area is 186 Å². The lowest BCUT2D eigenvalue weighted by molar-refractivity contribution is -0.113. The van der Waals surface area contributed by atoms with Crippen molar-refractivity contribution >= 4 is 35.0 Å². The summed E-state index contributed by atoms with van der Waals surface area (Å²) in [5, 5.41) is 12.7. The van der Waals surface area contributed by atoms with E-state index in [1.807, 2.05) is 69.6 Å². The first kappa shape index (κ1) is 22.2. The first-order valence-corrected chi connectivity index (χ1v) is 10.9. The van der Waals surface area contributed by atoms with Gasteiger partial charge in [0.2, 0.25) is 5.91 Å². The summed E-state index contributed by atoms with van der Waals surface area (Å²) in [7, 11) is 1.87. The largest absolute Gasteiger partial charge is 0.482 e. The number of anilines is 1. The van der Waals surface area contributed by atoms with Crippen molar-refractivity contribution in [1.82, 2.24) is 14.8 Å². The van der Waals surface area contributed by atoms with Crippen LogP contribution in [0.25, 0.3) is 0 Å². The fourth-order valence-corrected chi connectivity index (χ4v) is 3.89. The third-order valence-corrected chi connectivity index (χ3v) is 6.05. The molecule has 1 unspecified atom stereocenters. The number of ether oxygens (including phenoxy) is 1. The van der Waals surface area contributed by atoms with Crippen LogP contribution in [0.4, 0.5) is 5.69 Å². The Hall–Kier alpha value is -2.51. The Morgan fingerprint density at radius 3 is 2.60 bits per heavy atom. The molecule has 0 saturated carbocycles. The summed E-state index contributed by atoms with van der Waals surface area (Å²) in [4.78, 5) is 12.3. The van der Waals surface area contributed by atoms with E-state index in [9.17, 15) is 4.79 Å². The first-order valence-electron chi connectivity index (χ1n) is 9.56. The number of halogens is 1. The molecule has 2 aromatic carbocycles. The fourth-order valence-electron chi connectivity index (χ4n) is 2.94. The lowest BCUT2D eigenvalue weighted by Gasteiger charge is -2.16. The molecular weight excluding hydrogens is 420 g/mol. The highest BCUT2D eigenvalue weighted by Crippen LogP contribution is 2.27. The van der Waals surface area contributed by atoms with Gasteiger partial charge in [-0.1, -0.05) is 29.4 Å². The molecule has 0 aliphatic carbocycles. The topological polar surface area (TPSA) is 69.0 Å². The van der Waals surface area contributed by atoms with Gasteiger partial charge in [-0.15, -0.1) is 10.2 Å². The Morgan fingerprint density at radius 2 is 1.90 bits per heavy atom. The number of aryl methyl sites for hydroxylation is 3. The van der Waals surface area contributed by atoms with Crippen LogP contribution in [0, 0.1) is 20.8 Å². The van der Waals surface area contributed by atoms with E-state index in [1.54, 1.807) is 6.07 Å². The van der Waals surface area contributed by atoms with E-state index in [4.69, 9.17) is 16.3 Å². The molecule has 0 bridgehead atoms. The van der Waals surface area contributed by atoms with E-state index in [-0.39, 0.29) is 17.8 Å².